The number of nitrogens with zero attached hydrogens (tertiary/aromatic N) is 2. The number of aliphatic hydroxyl groups excluding tert-OH is 1. The van der Waals surface area contributed by atoms with Gasteiger partial charge < -0.3 is 9.63 Å². The molecule has 3 aromatic rings. The summed E-state index contributed by atoms with van der Waals surface area (Å²) in [5.74, 6) is -2.17. The van der Waals surface area contributed by atoms with Crippen LogP contribution < -0.4 is 0 Å². The van der Waals surface area contributed by atoms with Crippen LogP contribution in [0.3, 0.4) is 0 Å². The molecule has 0 saturated carbocycles. The van der Waals surface area contributed by atoms with Crippen LogP contribution in [-0.2, 0) is 16.4 Å². The zero-order valence-electron chi connectivity index (χ0n) is 12.9. The first kappa shape index (κ1) is 17.2. The highest BCUT2D eigenvalue weighted by Gasteiger charge is 2.25. The smallest absolute Gasteiger partial charge is 0.178 e. The molecular formula is C16H12F2N2O4S. The van der Waals surface area contributed by atoms with E-state index in [2.05, 4.69) is 10.1 Å². The lowest BCUT2D eigenvalue weighted by molar-refractivity contribution is 0.230. The van der Waals surface area contributed by atoms with E-state index in [-0.39, 0.29) is 22.6 Å². The first-order chi connectivity index (χ1) is 11.8. The van der Waals surface area contributed by atoms with Crippen LogP contribution in [0.4, 0.5) is 8.78 Å². The van der Waals surface area contributed by atoms with Gasteiger partial charge >= 0.3 is 0 Å². The number of benzene rings is 1. The molecule has 0 amide bonds. The summed E-state index contributed by atoms with van der Waals surface area (Å²) < 4.78 is 56.8. The predicted molar refractivity (Wildman–Crippen MR) is 84.1 cm³/mol. The van der Waals surface area contributed by atoms with Crippen LogP contribution in [0.2, 0.25) is 0 Å². The van der Waals surface area contributed by atoms with E-state index in [9.17, 15) is 22.3 Å². The Bertz CT molecular complexity index is 1030. The largest absolute Gasteiger partial charge is 0.388 e. The zero-order chi connectivity index (χ0) is 18.2. The van der Waals surface area contributed by atoms with Crippen molar-refractivity contribution < 1.29 is 26.8 Å². The van der Waals surface area contributed by atoms with Gasteiger partial charge in [-0.2, -0.15) is 0 Å². The maximum Gasteiger partial charge on any atom is 0.178 e. The minimum atomic E-state index is -3.93. The Labute approximate surface area is 141 Å². The summed E-state index contributed by atoms with van der Waals surface area (Å²) in [7, 11) is -3.93. The minimum Gasteiger partial charge on any atom is -0.388 e. The van der Waals surface area contributed by atoms with Crippen molar-refractivity contribution in [2.75, 3.05) is 6.26 Å². The molecule has 0 fully saturated rings. The van der Waals surface area contributed by atoms with Gasteiger partial charge in [0, 0.05) is 29.8 Å². The second kappa shape index (κ2) is 6.34. The molecule has 1 aromatic carbocycles. The lowest BCUT2D eigenvalue weighted by Gasteiger charge is -2.08. The van der Waals surface area contributed by atoms with Gasteiger partial charge in [0.25, 0.3) is 0 Å². The fraction of sp³-hybridized carbons (Fsp3) is 0.125. The SMILES string of the molecule is CS(=O)(=O)c1cc(F)c(-c2c(-c3cccnc3)noc2CO)cc1F. The molecule has 25 heavy (non-hydrogen) atoms. The Balaban J connectivity index is 2.27. The van der Waals surface area contributed by atoms with Crippen molar-refractivity contribution in [2.45, 2.75) is 11.5 Å². The summed E-state index contributed by atoms with van der Waals surface area (Å²) in [6.07, 6.45) is 3.75. The summed E-state index contributed by atoms with van der Waals surface area (Å²) in [5, 5.41) is 13.2. The van der Waals surface area contributed by atoms with Crippen LogP contribution in [0.5, 0.6) is 0 Å². The average Bonchev–Trinajstić information content (AvgIpc) is 3.00. The number of rotatable bonds is 4. The molecule has 2 heterocycles. The van der Waals surface area contributed by atoms with Crippen molar-refractivity contribution >= 4 is 9.84 Å². The molecule has 2 aromatic heterocycles. The standard InChI is InChI=1S/C16H12F2N2O4S/c1-25(22,23)14-6-11(17)10(5-12(14)18)15-13(8-21)24-20-16(15)9-3-2-4-19-7-9/h2-7,21H,8H2,1H3. The number of aromatic nitrogens is 2. The maximum atomic E-state index is 14.5. The van der Waals surface area contributed by atoms with E-state index in [1.54, 1.807) is 12.1 Å². The topological polar surface area (TPSA) is 93.3 Å². The van der Waals surface area contributed by atoms with Gasteiger partial charge in [0.2, 0.25) is 0 Å². The number of hydrogen-bond acceptors (Lipinski definition) is 6. The van der Waals surface area contributed by atoms with Crippen molar-refractivity contribution in [1.82, 2.24) is 10.1 Å². The van der Waals surface area contributed by atoms with Crippen molar-refractivity contribution in [3.05, 3.63) is 54.1 Å². The predicted octanol–water partition coefficient (Wildman–Crippen LogP) is 2.58. The molecule has 3 rings (SSSR count). The molecule has 0 unspecified atom stereocenters. The Morgan fingerprint density at radius 3 is 2.60 bits per heavy atom. The maximum absolute atomic E-state index is 14.5. The quantitative estimate of drug-likeness (QED) is 0.763. The Hall–Kier alpha value is -2.65. The lowest BCUT2D eigenvalue weighted by Crippen LogP contribution is -2.03. The summed E-state index contributed by atoms with van der Waals surface area (Å²) in [5.41, 5.74) is 0.386. The van der Waals surface area contributed by atoms with Gasteiger partial charge in [-0.15, -0.1) is 0 Å². The van der Waals surface area contributed by atoms with E-state index < -0.39 is 33.0 Å². The van der Waals surface area contributed by atoms with Crippen molar-refractivity contribution in [2.24, 2.45) is 0 Å². The Morgan fingerprint density at radius 1 is 1.24 bits per heavy atom. The van der Waals surface area contributed by atoms with Crippen molar-refractivity contribution in [1.29, 1.82) is 0 Å². The van der Waals surface area contributed by atoms with E-state index in [1.165, 1.54) is 12.4 Å². The van der Waals surface area contributed by atoms with Gasteiger partial charge in [-0.05, 0) is 24.3 Å². The molecule has 6 nitrogen and oxygen atoms in total. The second-order valence-corrected chi connectivity index (χ2v) is 7.25. The van der Waals surface area contributed by atoms with E-state index in [4.69, 9.17) is 4.52 Å². The first-order valence-electron chi connectivity index (χ1n) is 7.02. The van der Waals surface area contributed by atoms with E-state index in [0.29, 0.717) is 11.6 Å². The van der Waals surface area contributed by atoms with Crippen LogP contribution in [0.15, 0.2) is 46.1 Å². The third-order valence-corrected chi connectivity index (χ3v) is 4.64. The molecule has 0 aliphatic carbocycles. The van der Waals surface area contributed by atoms with Gasteiger partial charge in [0.05, 0.1) is 5.56 Å². The highest BCUT2D eigenvalue weighted by molar-refractivity contribution is 7.90. The molecule has 0 saturated heterocycles. The van der Waals surface area contributed by atoms with Crippen LogP contribution in [0.1, 0.15) is 5.76 Å². The summed E-state index contributed by atoms with van der Waals surface area (Å²) in [6.45, 7) is -0.600. The van der Waals surface area contributed by atoms with E-state index in [1.807, 2.05) is 0 Å². The van der Waals surface area contributed by atoms with Crippen LogP contribution in [-0.4, -0.2) is 29.9 Å². The summed E-state index contributed by atoms with van der Waals surface area (Å²) in [4.78, 5) is 3.17. The summed E-state index contributed by atoms with van der Waals surface area (Å²) >= 11 is 0. The Morgan fingerprint density at radius 2 is 2.00 bits per heavy atom. The van der Waals surface area contributed by atoms with Crippen molar-refractivity contribution in [3.63, 3.8) is 0 Å². The van der Waals surface area contributed by atoms with Crippen molar-refractivity contribution in [3.8, 4) is 22.4 Å². The molecular weight excluding hydrogens is 354 g/mol. The van der Waals surface area contributed by atoms with E-state index in [0.717, 1.165) is 12.3 Å². The van der Waals surface area contributed by atoms with Gasteiger partial charge in [-0.25, -0.2) is 17.2 Å². The molecule has 0 bridgehead atoms. The minimum absolute atomic E-state index is 0.0342. The van der Waals surface area contributed by atoms with Crippen LogP contribution >= 0.6 is 0 Å². The molecule has 9 heteroatoms. The van der Waals surface area contributed by atoms with Crippen LogP contribution in [0, 0.1) is 11.6 Å². The number of aliphatic hydroxyl groups is 1. The molecule has 0 spiro atoms. The number of pyridine rings is 1. The summed E-state index contributed by atoms with van der Waals surface area (Å²) in [6, 6.07) is 4.60. The normalized spacial score (nSPS) is 11.7. The van der Waals surface area contributed by atoms with Crippen LogP contribution in [0.25, 0.3) is 22.4 Å². The third-order valence-electron chi connectivity index (χ3n) is 3.53. The average molecular weight is 366 g/mol. The number of hydrogen-bond donors (Lipinski definition) is 1. The molecule has 0 atom stereocenters. The van der Waals surface area contributed by atoms with Gasteiger partial charge in [-0.3, -0.25) is 4.98 Å². The van der Waals surface area contributed by atoms with Gasteiger partial charge in [-0.1, -0.05) is 5.16 Å². The number of sulfone groups is 1. The fourth-order valence-electron chi connectivity index (χ4n) is 2.41. The molecule has 0 radical (unpaired) electrons. The molecule has 130 valence electrons. The molecule has 1 N–H and O–H groups in total. The number of halogens is 2. The highest BCUT2D eigenvalue weighted by Crippen LogP contribution is 2.37. The lowest BCUT2D eigenvalue weighted by atomic mass is 9.99. The molecule has 0 aliphatic heterocycles. The Kier molecular flexibility index (Phi) is 4.36. The van der Waals surface area contributed by atoms with E-state index >= 15 is 0 Å². The zero-order valence-corrected chi connectivity index (χ0v) is 13.7. The second-order valence-electron chi connectivity index (χ2n) is 5.26. The van der Waals surface area contributed by atoms with Gasteiger partial charge in [0.15, 0.2) is 15.6 Å². The third kappa shape index (κ3) is 3.15. The molecule has 0 aliphatic rings. The fourth-order valence-corrected chi connectivity index (χ4v) is 3.14. The monoisotopic (exact) mass is 366 g/mol. The highest BCUT2D eigenvalue weighted by atomic mass is 32.2. The first-order valence-corrected chi connectivity index (χ1v) is 8.91. The van der Waals surface area contributed by atoms with Gasteiger partial charge in [0.1, 0.15) is 28.8 Å².